The molecule has 2 aromatic heterocycles. The molecule has 1 amide bonds. The Morgan fingerprint density at radius 1 is 1.50 bits per heavy atom. The van der Waals surface area contributed by atoms with Crippen LogP contribution in [-0.4, -0.2) is 52.2 Å². The molecule has 5 nitrogen and oxygen atoms in total. The number of piperazine rings is 1. The Hall–Kier alpha value is -1.18. The SMILES string of the molecule is Cc1sc2ncnc(SCC(=O)N3CCNC[C@H]3C)c2c1C. The van der Waals surface area contributed by atoms with Crippen molar-refractivity contribution in [3.05, 3.63) is 16.8 Å². The highest BCUT2D eigenvalue weighted by atomic mass is 32.2. The Balaban J connectivity index is 1.75. The Bertz CT molecular complexity index is 700. The summed E-state index contributed by atoms with van der Waals surface area (Å²) in [6.07, 6.45) is 1.60. The highest BCUT2D eigenvalue weighted by Crippen LogP contribution is 2.34. The van der Waals surface area contributed by atoms with Crippen molar-refractivity contribution in [2.75, 3.05) is 25.4 Å². The summed E-state index contributed by atoms with van der Waals surface area (Å²) in [4.78, 5) is 25.4. The van der Waals surface area contributed by atoms with Gasteiger partial charge >= 0.3 is 0 Å². The minimum Gasteiger partial charge on any atom is -0.337 e. The van der Waals surface area contributed by atoms with Crippen LogP contribution in [0.4, 0.5) is 0 Å². The zero-order chi connectivity index (χ0) is 15.7. The monoisotopic (exact) mass is 336 g/mol. The summed E-state index contributed by atoms with van der Waals surface area (Å²) < 4.78 is 0. The van der Waals surface area contributed by atoms with Crippen LogP contribution in [0.5, 0.6) is 0 Å². The molecule has 0 saturated carbocycles. The Morgan fingerprint density at radius 3 is 3.09 bits per heavy atom. The van der Waals surface area contributed by atoms with Gasteiger partial charge in [-0.25, -0.2) is 9.97 Å². The lowest BCUT2D eigenvalue weighted by molar-refractivity contribution is -0.131. The van der Waals surface area contributed by atoms with Gasteiger partial charge in [-0.05, 0) is 26.3 Å². The number of fused-ring (bicyclic) bond motifs is 1. The fraction of sp³-hybridized carbons (Fsp3) is 0.533. The molecule has 1 fully saturated rings. The number of hydrogen-bond donors (Lipinski definition) is 1. The third-order valence-corrected chi connectivity index (χ3v) is 6.17. The number of nitrogens with one attached hydrogen (secondary N) is 1. The Kier molecular flexibility index (Phi) is 4.65. The third kappa shape index (κ3) is 2.98. The van der Waals surface area contributed by atoms with Crippen LogP contribution in [0, 0.1) is 13.8 Å². The number of carbonyl (C=O) groups excluding carboxylic acids is 1. The van der Waals surface area contributed by atoms with Crippen LogP contribution < -0.4 is 5.32 Å². The van der Waals surface area contributed by atoms with Crippen molar-refractivity contribution in [1.29, 1.82) is 0 Å². The van der Waals surface area contributed by atoms with Crippen molar-refractivity contribution in [2.24, 2.45) is 0 Å². The molecule has 0 spiro atoms. The summed E-state index contributed by atoms with van der Waals surface area (Å²) in [6.45, 7) is 8.82. The summed E-state index contributed by atoms with van der Waals surface area (Å²) in [5.74, 6) is 0.625. The molecule has 3 heterocycles. The first-order chi connectivity index (χ1) is 10.6. The number of rotatable bonds is 3. The molecule has 1 N–H and O–H groups in total. The lowest BCUT2D eigenvalue weighted by Gasteiger charge is -2.33. The van der Waals surface area contributed by atoms with Crippen molar-refractivity contribution in [1.82, 2.24) is 20.2 Å². The van der Waals surface area contributed by atoms with Crippen LogP contribution in [0.2, 0.25) is 0 Å². The van der Waals surface area contributed by atoms with Gasteiger partial charge in [0.25, 0.3) is 0 Å². The molecule has 1 saturated heterocycles. The van der Waals surface area contributed by atoms with Crippen LogP contribution in [0.1, 0.15) is 17.4 Å². The molecule has 0 aromatic carbocycles. The average molecular weight is 336 g/mol. The Morgan fingerprint density at radius 2 is 2.32 bits per heavy atom. The molecule has 1 atom stereocenters. The standard InChI is InChI=1S/C15H20N4OS2/c1-9-6-16-4-5-19(9)12(20)7-21-14-13-10(2)11(3)22-15(13)18-8-17-14/h8-9,16H,4-7H2,1-3H3/t9-/m1/s1. The van der Waals surface area contributed by atoms with E-state index in [1.165, 1.54) is 22.2 Å². The topological polar surface area (TPSA) is 58.1 Å². The van der Waals surface area contributed by atoms with Gasteiger partial charge in [-0.1, -0.05) is 11.8 Å². The zero-order valence-electron chi connectivity index (χ0n) is 13.0. The minimum atomic E-state index is 0.190. The van der Waals surface area contributed by atoms with E-state index in [4.69, 9.17) is 0 Å². The third-order valence-electron chi connectivity index (χ3n) is 4.08. The van der Waals surface area contributed by atoms with Gasteiger partial charge in [-0.3, -0.25) is 4.79 Å². The lowest BCUT2D eigenvalue weighted by atomic mass is 10.2. The molecule has 0 unspecified atom stereocenters. The van der Waals surface area contributed by atoms with E-state index >= 15 is 0 Å². The van der Waals surface area contributed by atoms with E-state index in [2.05, 4.69) is 36.1 Å². The summed E-state index contributed by atoms with van der Waals surface area (Å²) in [5.41, 5.74) is 1.23. The van der Waals surface area contributed by atoms with Gasteiger partial charge in [-0.15, -0.1) is 11.3 Å². The average Bonchev–Trinajstić information content (AvgIpc) is 2.81. The van der Waals surface area contributed by atoms with Gasteiger partial charge in [0.05, 0.1) is 5.75 Å². The van der Waals surface area contributed by atoms with Crippen LogP contribution in [0.3, 0.4) is 0 Å². The number of carbonyl (C=O) groups is 1. The van der Waals surface area contributed by atoms with Crippen LogP contribution in [0.25, 0.3) is 10.2 Å². The van der Waals surface area contributed by atoms with E-state index in [-0.39, 0.29) is 11.9 Å². The van der Waals surface area contributed by atoms with E-state index in [1.54, 1.807) is 17.7 Å². The fourth-order valence-electron chi connectivity index (χ4n) is 2.68. The molecular formula is C15H20N4OS2. The maximum Gasteiger partial charge on any atom is 0.233 e. The molecule has 2 aromatic rings. The van der Waals surface area contributed by atoms with E-state index < -0.39 is 0 Å². The lowest BCUT2D eigenvalue weighted by Crippen LogP contribution is -2.52. The molecule has 22 heavy (non-hydrogen) atoms. The van der Waals surface area contributed by atoms with Crippen molar-refractivity contribution >= 4 is 39.2 Å². The summed E-state index contributed by atoms with van der Waals surface area (Å²) in [5, 5.41) is 5.33. The van der Waals surface area contributed by atoms with E-state index in [0.29, 0.717) is 5.75 Å². The summed E-state index contributed by atoms with van der Waals surface area (Å²) in [7, 11) is 0. The minimum absolute atomic E-state index is 0.190. The van der Waals surface area contributed by atoms with E-state index in [1.807, 2.05) is 4.90 Å². The van der Waals surface area contributed by atoms with Gasteiger partial charge in [0.2, 0.25) is 5.91 Å². The van der Waals surface area contributed by atoms with Crippen LogP contribution >= 0.6 is 23.1 Å². The highest BCUT2D eigenvalue weighted by molar-refractivity contribution is 8.00. The zero-order valence-corrected chi connectivity index (χ0v) is 14.7. The first kappa shape index (κ1) is 15.7. The number of hydrogen-bond acceptors (Lipinski definition) is 6. The van der Waals surface area contributed by atoms with Crippen molar-refractivity contribution < 1.29 is 4.79 Å². The van der Waals surface area contributed by atoms with Crippen LogP contribution in [0.15, 0.2) is 11.4 Å². The molecule has 7 heteroatoms. The summed E-state index contributed by atoms with van der Waals surface area (Å²) in [6, 6.07) is 0.261. The number of thiophene rings is 1. The normalized spacial score (nSPS) is 18.9. The molecule has 1 aliphatic rings. The molecule has 0 aliphatic carbocycles. The fourth-order valence-corrected chi connectivity index (χ4v) is 4.69. The predicted molar refractivity (Wildman–Crippen MR) is 91.7 cm³/mol. The number of thioether (sulfide) groups is 1. The number of aromatic nitrogens is 2. The van der Waals surface area contributed by atoms with Gasteiger partial charge < -0.3 is 10.2 Å². The smallest absolute Gasteiger partial charge is 0.233 e. The predicted octanol–water partition coefficient (Wildman–Crippen LogP) is 2.22. The first-order valence-corrected chi connectivity index (χ1v) is 9.22. The maximum atomic E-state index is 12.4. The number of amides is 1. The van der Waals surface area contributed by atoms with Gasteiger partial charge in [-0.2, -0.15) is 0 Å². The van der Waals surface area contributed by atoms with Crippen molar-refractivity contribution in [3.63, 3.8) is 0 Å². The van der Waals surface area contributed by atoms with Crippen molar-refractivity contribution in [3.8, 4) is 0 Å². The van der Waals surface area contributed by atoms with Crippen LogP contribution in [-0.2, 0) is 4.79 Å². The summed E-state index contributed by atoms with van der Waals surface area (Å²) >= 11 is 3.21. The quantitative estimate of drug-likeness (QED) is 0.688. The molecule has 0 bridgehead atoms. The second-order valence-corrected chi connectivity index (χ2v) is 7.74. The van der Waals surface area contributed by atoms with Crippen molar-refractivity contribution in [2.45, 2.75) is 31.8 Å². The van der Waals surface area contributed by atoms with E-state index in [9.17, 15) is 4.79 Å². The molecule has 0 radical (unpaired) electrons. The second kappa shape index (κ2) is 6.52. The molecule has 1 aliphatic heterocycles. The van der Waals surface area contributed by atoms with E-state index in [0.717, 1.165) is 34.9 Å². The highest BCUT2D eigenvalue weighted by Gasteiger charge is 2.23. The molecular weight excluding hydrogens is 316 g/mol. The van der Waals surface area contributed by atoms with Gasteiger partial charge in [0.15, 0.2) is 0 Å². The number of aryl methyl sites for hydroxylation is 2. The molecule has 3 rings (SSSR count). The molecule has 118 valence electrons. The first-order valence-electron chi connectivity index (χ1n) is 7.41. The number of nitrogens with zero attached hydrogens (tertiary/aromatic N) is 3. The maximum absolute atomic E-state index is 12.4. The Labute approximate surface area is 138 Å². The largest absolute Gasteiger partial charge is 0.337 e. The van der Waals surface area contributed by atoms with Gasteiger partial charge in [0.1, 0.15) is 16.2 Å². The van der Waals surface area contributed by atoms with Gasteiger partial charge in [0, 0.05) is 35.9 Å². The second-order valence-electron chi connectivity index (χ2n) is 5.57.